The summed E-state index contributed by atoms with van der Waals surface area (Å²) in [7, 11) is 0. The molecule has 2 fully saturated rings. The van der Waals surface area contributed by atoms with Gasteiger partial charge >= 0.3 is 0 Å². The minimum absolute atomic E-state index is 0.0291. The van der Waals surface area contributed by atoms with Crippen molar-refractivity contribution in [3.05, 3.63) is 0 Å². The highest BCUT2D eigenvalue weighted by Gasteiger charge is 2.55. The van der Waals surface area contributed by atoms with Crippen molar-refractivity contribution in [2.75, 3.05) is 13.2 Å². The van der Waals surface area contributed by atoms with Crippen molar-refractivity contribution in [2.24, 2.45) is 0 Å². The Kier molecular flexibility index (Phi) is 3.30. The van der Waals surface area contributed by atoms with Crippen LogP contribution in [-0.2, 0) is 9.47 Å². The summed E-state index contributed by atoms with van der Waals surface area (Å²) in [6.45, 7) is 12.7. The van der Waals surface area contributed by atoms with E-state index in [9.17, 15) is 0 Å². The quantitative estimate of drug-likeness (QED) is 0.733. The first-order valence-electron chi connectivity index (χ1n) is 6.49. The first-order chi connectivity index (χ1) is 7.43. The van der Waals surface area contributed by atoms with Gasteiger partial charge < -0.3 is 9.47 Å². The molecule has 0 aromatic carbocycles. The van der Waals surface area contributed by atoms with E-state index < -0.39 is 0 Å². The van der Waals surface area contributed by atoms with Gasteiger partial charge in [-0.2, -0.15) is 0 Å². The predicted octanol–water partition coefficient (Wildman–Crippen LogP) is 2.05. The summed E-state index contributed by atoms with van der Waals surface area (Å²) in [5.74, 6) is 0. The Labute approximate surface area is 99.1 Å². The largest absolute Gasteiger partial charge is 0.376 e. The normalized spacial score (nSPS) is 39.2. The van der Waals surface area contributed by atoms with Crippen LogP contribution in [0.4, 0.5) is 0 Å². The number of likely N-dealkylation sites (tertiary alicyclic amines) is 1. The molecule has 0 aromatic rings. The maximum Gasteiger partial charge on any atom is 0.106 e. The maximum absolute atomic E-state index is 6.11. The lowest BCUT2D eigenvalue weighted by atomic mass is 10.0. The van der Waals surface area contributed by atoms with Crippen LogP contribution >= 0.6 is 0 Å². The predicted molar refractivity (Wildman–Crippen MR) is 64.6 cm³/mol. The van der Waals surface area contributed by atoms with Crippen LogP contribution in [0.1, 0.15) is 41.0 Å². The third kappa shape index (κ3) is 2.13. The van der Waals surface area contributed by atoms with Crippen molar-refractivity contribution in [1.82, 2.24) is 4.90 Å². The smallest absolute Gasteiger partial charge is 0.106 e. The minimum Gasteiger partial charge on any atom is -0.376 e. The summed E-state index contributed by atoms with van der Waals surface area (Å²) in [6.07, 6.45) is 1.78. The lowest BCUT2D eigenvalue weighted by Gasteiger charge is -2.38. The zero-order valence-electron chi connectivity index (χ0n) is 11.2. The van der Waals surface area contributed by atoms with Crippen LogP contribution in [0.5, 0.6) is 0 Å². The first-order valence-corrected chi connectivity index (χ1v) is 6.49. The van der Waals surface area contributed by atoms with Crippen LogP contribution in [0.3, 0.4) is 0 Å². The van der Waals surface area contributed by atoms with E-state index in [2.05, 4.69) is 39.5 Å². The molecule has 3 atom stereocenters. The second-order valence-electron chi connectivity index (χ2n) is 5.90. The van der Waals surface area contributed by atoms with Crippen molar-refractivity contribution in [1.29, 1.82) is 0 Å². The van der Waals surface area contributed by atoms with Crippen LogP contribution in [-0.4, -0.2) is 47.9 Å². The first kappa shape index (κ1) is 12.3. The van der Waals surface area contributed by atoms with Crippen LogP contribution < -0.4 is 0 Å². The van der Waals surface area contributed by atoms with E-state index in [1.165, 1.54) is 0 Å². The zero-order valence-corrected chi connectivity index (χ0v) is 11.2. The molecule has 0 aromatic heterocycles. The molecular weight excluding hydrogens is 202 g/mol. The lowest BCUT2D eigenvalue weighted by Crippen LogP contribution is -2.51. The SMILES string of the molecule is CC(C)OC[C@]12CC([C@H](C)O1)N(C(C)C)C2. The van der Waals surface area contributed by atoms with Gasteiger partial charge in [-0.15, -0.1) is 0 Å². The van der Waals surface area contributed by atoms with Gasteiger partial charge in [-0.05, 0) is 41.0 Å². The number of morpholine rings is 1. The van der Waals surface area contributed by atoms with Crippen molar-refractivity contribution in [2.45, 2.75) is 70.9 Å². The third-order valence-electron chi connectivity index (χ3n) is 3.80. The highest BCUT2D eigenvalue weighted by molar-refractivity contribution is 5.07. The molecule has 1 unspecified atom stereocenters. The molecule has 0 saturated carbocycles. The van der Waals surface area contributed by atoms with Crippen LogP contribution in [0.25, 0.3) is 0 Å². The molecule has 2 aliphatic rings. The Balaban J connectivity index is 2.01. The third-order valence-corrected chi connectivity index (χ3v) is 3.80. The molecule has 2 rings (SSSR count). The highest BCUT2D eigenvalue weighted by atomic mass is 16.6. The molecular formula is C13H25NO2. The Morgan fingerprint density at radius 1 is 1.38 bits per heavy atom. The molecule has 3 nitrogen and oxygen atoms in total. The molecule has 94 valence electrons. The maximum atomic E-state index is 6.11. The average Bonchev–Trinajstić information content (AvgIpc) is 2.69. The van der Waals surface area contributed by atoms with Crippen LogP contribution in [0.15, 0.2) is 0 Å². The molecule has 3 heteroatoms. The van der Waals surface area contributed by atoms with Crippen molar-refractivity contribution >= 4 is 0 Å². The molecule has 2 bridgehead atoms. The van der Waals surface area contributed by atoms with Crippen LogP contribution in [0.2, 0.25) is 0 Å². The van der Waals surface area contributed by atoms with Crippen molar-refractivity contribution in [3.8, 4) is 0 Å². The van der Waals surface area contributed by atoms with Gasteiger partial charge in [0.15, 0.2) is 0 Å². The summed E-state index contributed by atoms with van der Waals surface area (Å²) >= 11 is 0. The number of rotatable bonds is 4. The summed E-state index contributed by atoms with van der Waals surface area (Å²) < 4.78 is 11.9. The Morgan fingerprint density at radius 3 is 2.56 bits per heavy atom. The second-order valence-corrected chi connectivity index (χ2v) is 5.90. The Morgan fingerprint density at radius 2 is 2.06 bits per heavy atom. The van der Waals surface area contributed by atoms with Gasteiger partial charge in [-0.1, -0.05) is 0 Å². The summed E-state index contributed by atoms with van der Waals surface area (Å²) in [4.78, 5) is 2.57. The van der Waals surface area contributed by atoms with Gasteiger partial charge in [0.1, 0.15) is 5.60 Å². The van der Waals surface area contributed by atoms with Gasteiger partial charge in [0.05, 0.1) is 18.8 Å². The standard InChI is InChI=1S/C13H25NO2/c1-9(2)14-7-13(8-15-10(3)4)6-12(14)11(5)16-13/h9-12H,6-8H2,1-5H3/t11-,12?,13+/m0/s1. The molecule has 0 amide bonds. The number of hydrogen-bond acceptors (Lipinski definition) is 3. The van der Waals surface area contributed by atoms with E-state index in [1.807, 2.05) is 0 Å². The molecule has 0 aliphatic carbocycles. The summed E-state index contributed by atoms with van der Waals surface area (Å²) in [6, 6.07) is 1.20. The molecule has 16 heavy (non-hydrogen) atoms. The Hall–Kier alpha value is -0.120. The van der Waals surface area contributed by atoms with E-state index >= 15 is 0 Å². The van der Waals surface area contributed by atoms with E-state index in [4.69, 9.17) is 9.47 Å². The topological polar surface area (TPSA) is 21.7 Å². The summed E-state index contributed by atoms with van der Waals surface area (Å²) in [5.41, 5.74) is -0.0291. The van der Waals surface area contributed by atoms with Crippen molar-refractivity contribution in [3.63, 3.8) is 0 Å². The molecule has 2 aliphatic heterocycles. The summed E-state index contributed by atoms with van der Waals surface area (Å²) in [5, 5.41) is 0. The lowest BCUT2D eigenvalue weighted by molar-refractivity contribution is -0.134. The molecule has 0 N–H and O–H groups in total. The molecule has 0 radical (unpaired) electrons. The minimum atomic E-state index is -0.0291. The number of hydrogen-bond donors (Lipinski definition) is 0. The highest BCUT2D eigenvalue weighted by Crippen LogP contribution is 2.42. The van der Waals surface area contributed by atoms with E-state index in [1.54, 1.807) is 0 Å². The van der Waals surface area contributed by atoms with Crippen LogP contribution in [0, 0.1) is 0 Å². The fourth-order valence-electron chi connectivity index (χ4n) is 3.03. The fraction of sp³-hybridized carbons (Fsp3) is 1.00. The van der Waals surface area contributed by atoms with Gasteiger partial charge in [0.2, 0.25) is 0 Å². The van der Waals surface area contributed by atoms with Gasteiger partial charge in [0.25, 0.3) is 0 Å². The number of ether oxygens (including phenoxy) is 2. The number of fused-ring (bicyclic) bond motifs is 2. The van der Waals surface area contributed by atoms with E-state index in [-0.39, 0.29) is 5.60 Å². The fourth-order valence-corrected chi connectivity index (χ4v) is 3.03. The van der Waals surface area contributed by atoms with E-state index in [0.29, 0.717) is 24.3 Å². The molecule has 2 heterocycles. The zero-order chi connectivity index (χ0) is 11.9. The Bertz CT molecular complexity index is 254. The van der Waals surface area contributed by atoms with Crippen molar-refractivity contribution < 1.29 is 9.47 Å². The van der Waals surface area contributed by atoms with Gasteiger partial charge in [-0.3, -0.25) is 4.90 Å². The monoisotopic (exact) mass is 227 g/mol. The van der Waals surface area contributed by atoms with E-state index in [0.717, 1.165) is 19.6 Å². The van der Waals surface area contributed by atoms with Gasteiger partial charge in [0, 0.05) is 18.6 Å². The second kappa shape index (κ2) is 4.28. The molecule has 2 saturated heterocycles. The average molecular weight is 227 g/mol. The number of nitrogens with zero attached hydrogens (tertiary/aromatic N) is 1. The van der Waals surface area contributed by atoms with Gasteiger partial charge in [-0.25, -0.2) is 0 Å². The molecule has 0 spiro atoms.